The van der Waals surface area contributed by atoms with Crippen molar-refractivity contribution < 1.29 is 5.11 Å². The lowest BCUT2D eigenvalue weighted by Gasteiger charge is -2.12. The van der Waals surface area contributed by atoms with Crippen molar-refractivity contribution in [1.29, 1.82) is 0 Å². The zero-order valence-electron chi connectivity index (χ0n) is 11.8. The molecule has 2 aromatic rings. The summed E-state index contributed by atoms with van der Waals surface area (Å²) in [4.78, 5) is 0. The van der Waals surface area contributed by atoms with Gasteiger partial charge in [-0.25, -0.2) is 0 Å². The summed E-state index contributed by atoms with van der Waals surface area (Å²) in [5.41, 5.74) is 6.56. The molecular weight excluding hydrogens is 234 g/mol. The Kier molecular flexibility index (Phi) is 4.23. The summed E-state index contributed by atoms with van der Waals surface area (Å²) in [5, 5.41) is 12.7. The summed E-state index contributed by atoms with van der Waals surface area (Å²) >= 11 is 0. The molecule has 2 rings (SSSR count). The standard InChI is InChI=1S/C17H21NO/c1-12-8-13(2)17(14(3)9-12)11-18-10-15-4-6-16(19)7-5-15/h4-9,18-19H,10-11H2,1-3H3. The number of aryl methyl sites for hydroxylation is 3. The predicted octanol–water partition coefficient (Wildman–Crippen LogP) is 3.61. The number of rotatable bonds is 4. The predicted molar refractivity (Wildman–Crippen MR) is 79.3 cm³/mol. The molecule has 0 aromatic heterocycles. The van der Waals surface area contributed by atoms with Crippen LogP contribution in [-0.2, 0) is 13.1 Å². The van der Waals surface area contributed by atoms with Gasteiger partial charge in [-0.05, 0) is 55.2 Å². The molecule has 0 spiro atoms. The van der Waals surface area contributed by atoms with E-state index in [2.05, 4.69) is 38.2 Å². The number of hydrogen-bond acceptors (Lipinski definition) is 2. The fraction of sp³-hybridized carbons (Fsp3) is 0.294. The minimum absolute atomic E-state index is 0.314. The van der Waals surface area contributed by atoms with Gasteiger partial charge in [0.05, 0.1) is 0 Å². The molecule has 2 aromatic carbocycles. The fourth-order valence-electron chi connectivity index (χ4n) is 2.43. The summed E-state index contributed by atoms with van der Waals surface area (Å²) in [6.07, 6.45) is 0. The first-order valence-electron chi connectivity index (χ1n) is 6.61. The first-order chi connectivity index (χ1) is 9.06. The number of aromatic hydroxyl groups is 1. The van der Waals surface area contributed by atoms with E-state index in [1.807, 2.05) is 12.1 Å². The zero-order chi connectivity index (χ0) is 13.8. The van der Waals surface area contributed by atoms with E-state index in [0.717, 1.165) is 13.1 Å². The van der Waals surface area contributed by atoms with Gasteiger partial charge in [-0.15, -0.1) is 0 Å². The lowest BCUT2D eigenvalue weighted by atomic mass is 10.00. The zero-order valence-corrected chi connectivity index (χ0v) is 11.8. The molecule has 0 aliphatic heterocycles. The summed E-state index contributed by atoms with van der Waals surface area (Å²) < 4.78 is 0. The first-order valence-corrected chi connectivity index (χ1v) is 6.61. The highest BCUT2D eigenvalue weighted by Gasteiger charge is 2.03. The average molecular weight is 255 g/mol. The van der Waals surface area contributed by atoms with Gasteiger partial charge in [0, 0.05) is 13.1 Å². The lowest BCUT2D eigenvalue weighted by Crippen LogP contribution is -2.14. The SMILES string of the molecule is Cc1cc(C)c(CNCc2ccc(O)cc2)c(C)c1. The molecular formula is C17H21NO. The van der Waals surface area contributed by atoms with E-state index in [0.29, 0.717) is 5.75 Å². The highest BCUT2D eigenvalue weighted by molar-refractivity contribution is 5.37. The second kappa shape index (κ2) is 5.89. The van der Waals surface area contributed by atoms with Crippen molar-refractivity contribution in [3.8, 4) is 5.75 Å². The number of phenols is 1. The van der Waals surface area contributed by atoms with E-state index in [-0.39, 0.29) is 0 Å². The largest absolute Gasteiger partial charge is 0.508 e. The van der Waals surface area contributed by atoms with Crippen LogP contribution in [-0.4, -0.2) is 5.11 Å². The van der Waals surface area contributed by atoms with Gasteiger partial charge in [0.1, 0.15) is 5.75 Å². The van der Waals surface area contributed by atoms with Crippen LogP contribution in [0.4, 0.5) is 0 Å². The highest BCUT2D eigenvalue weighted by Crippen LogP contribution is 2.16. The number of nitrogens with one attached hydrogen (secondary N) is 1. The van der Waals surface area contributed by atoms with E-state index in [1.54, 1.807) is 12.1 Å². The Hall–Kier alpha value is -1.80. The van der Waals surface area contributed by atoms with Crippen molar-refractivity contribution in [2.24, 2.45) is 0 Å². The van der Waals surface area contributed by atoms with Gasteiger partial charge in [0.15, 0.2) is 0 Å². The van der Waals surface area contributed by atoms with Gasteiger partial charge >= 0.3 is 0 Å². The number of hydrogen-bond donors (Lipinski definition) is 2. The Morgan fingerprint density at radius 1 is 0.895 bits per heavy atom. The number of phenolic OH excluding ortho intramolecular Hbond substituents is 1. The van der Waals surface area contributed by atoms with Crippen LogP contribution in [0, 0.1) is 20.8 Å². The third-order valence-corrected chi connectivity index (χ3v) is 3.41. The van der Waals surface area contributed by atoms with Crippen LogP contribution in [0.25, 0.3) is 0 Å². The highest BCUT2D eigenvalue weighted by atomic mass is 16.3. The molecule has 0 atom stereocenters. The Balaban J connectivity index is 1.98. The van der Waals surface area contributed by atoms with E-state index in [4.69, 9.17) is 0 Å². The molecule has 0 saturated carbocycles. The molecule has 0 heterocycles. The molecule has 0 amide bonds. The molecule has 0 radical (unpaired) electrons. The van der Waals surface area contributed by atoms with Gasteiger partial charge in [0.2, 0.25) is 0 Å². The normalized spacial score (nSPS) is 10.7. The van der Waals surface area contributed by atoms with E-state index >= 15 is 0 Å². The van der Waals surface area contributed by atoms with Crippen molar-refractivity contribution in [1.82, 2.24) is 5.32 Å². The first kappa shape index (κ1) is 13.6. The van der Waals surface area contributed by atoms with Gasteiger partial charge in [-0.3, -0.25) is 0 Å². The maximum atomic E-state index is 9.24. The van der Waals surface area contributed by atoms with Crippen molar-refractivity contribution in [3.05, 3.63) is 64.2 Å². The second-order valence-electron chi connectivity index (χ2n) is 5.15. The monoisotopic (exact) mass is 255 g/mol. The minimum atomic E-state index is 0.314. The molecule has 2 heteroatoms. The summed E-state index contributed by atoms with van der Waals surface area (Å²) in [6.45, 7) is 8.15. The molecule has 0 saturated heterocycles. The van der Waals surface area contributed by atoms with Crippen LogP contribution in [0.1, 0.15) is 27.8 Å². The summed E-state index contributed by atoms with van der Waals surface area (Å²) in [6, 6.07) is 11.8. The molecule has 0 aliphatic rings. The molecule has 0 unspecified atom stereocenters. The molecule has 19 heavy (non-hydrogen) atoms. The molecule has 0 aliphatic carbocycles. The van der Waals surface area contributed by atoms with E-state index in [1.165, 1.54) is 27.8 Å². The van der Waals surface area contributed by atoms with Crippen LogP contribution < -0.4 is 5.32 Å². The van der Waals surface area contributed by atoms with Crippen LogP contribution in [0.5, 0.6) is 5.75 Å². The quantitative estimate of drug-likeness (QED) is 0.874. The smallest absolute Gasteiger partial charge is 0.115 e. The molecule has 0 bridgehead atoms. The molecule has 2 nitrogen and oxygen atoms in total. The van der Waals surface area contributed by atoms with Crippen LogP contribution in [0.3, 0.4) is 0 Å². The van der Waals surface area contributed by atoms with Crippen LogP contribution in [0.15, 0.2) is 36.4 Å². The van der Waals surface area contributed by atoms with Crippen molar-refractivity contribution in [2.45, 2.75) is 33.9 Å². The Morgan fingerprint density at radius 2 is 1.47 bits per heavy atom. The summed E-state index contributed by atoms with van der Waals surface area (Å²) in [7, 11) is 0. The van der Waals surface area contributed by atoms with Gasteiger partial charge in [0.25, 0.3) is 0 Å². The molecule has 100 valence electrons. The Morgan fingerprint density at radius 3 is 2.05 bits per heavy atom. The maximum absolute atomic E-state index is 9.24. The van der Waals surface area contributed by atoms with Gasteiger partial charge in [-0.1, -0.05) is 29.8 Å². The van der Waals surface area contributed by atoms with Gasteiger partial charge in [-0.2, -0.15) is 0 Å². The Bertz CT molecular complexity index is 535. The average Bonchev–Trinajstić information content (AvgIpc) is 2.34. The van der Waals surface area contributed by atoms with Crippen LogP contribution in [0.2, 0.25) is 0 Å². The third kappa shape index (κ3) is 3.58. The topological polar surface area (TPSA) is 32.3 Å². The van der Waals surface area contributed by atoms with Gasteiger partial charge < -0.3 is 10.4 Å². The van der Waals surface area contributed by atoms with Crippen LogP contribution >= 0.6 is 0 Å². The van der Waals surface area contributed by atoms with Crippen molar-refractivity contribution in [3.63, 3.8) is 0 Å². The molecule has 0 fully saturated rings. The fourth-order valence-corrected chi connectivity index (χ4v) is 2.43. The van der Waals surface area contributed by atoms with E-state index in [9.17, 15) is 5.11 Å². The maximum Gasteiger partial charge on any atom is 0.115 e. The summed E-state index contributed by atoms with van der Waals surface area (Å²) in [5.74, 6) is 0.314. The minimum Gasteiger partial charge on any atom is -0.508 e. The number of benzene rings is 2. The second-order valence-corrected chi connectivity index (χ2v) is 5.15. The Labute approximate surface area is 115 Å². The third-order valence-electron chi connectivity index (χ3n) is 3.41. The van der Waals surface area contributed by atoms with Crippen molar-refractivity contribution >= 4 is 0 Å². The molecule has 2 N–H and O–H groups in total. The lowest BCUT2D eigenvalue weighted by molar-refractivity contribution is 0.475. The van der Waals surface area contributed by atoms with E-state index < -0.39 is 0 Å². The van der Waals surface area contributed by atoms with Crippen molar-refractivity contribution in [2.75, 3.05) is 0 Å².